The average molecular weight is 351 g/mol. The standard InChI is InChI=1S/C21H21NO2S/c23-20(22-14-13-19-12-7-15-25-19)16-24-21(17-8-3-1-4-9-17)18-10-5-2-6-11-18/h1-12,15,21H,13-14,16H2,(H,22,23). The lowest BCUT2D eigenvalue weighted by Crippen LogP contribution is -2.30. The van der Waals surface area contributed by atoms with Gasteiger partial charge < -0.3 is 10.1 Å². The third-order valence-electron chi connectivity index (χ3n) is 3.86. The molecule has 3 aromatic rings. The summed E-state index contributed by atoms with van der Waals surface area (Å²) in [6.45, 7) is 0.670. The van der Waals surface area contributed by atoms with Gasteiger partial charge in [-0.1, -0.05) is 66.7 Å². The quantitative estimate of drug-likeness (QED) is 0.660. The van der Waals surface area contributed by atoms with Crippen LogP contribution in [0.1, 0.15) is 22.1 Å². The van der Waals surface area contributed by atoms with Gasteiger partial charge in [0.05, 0.1) is 0 Å². The summed E-state index contributed by atoms with van der Waals surface area (Å²) in [5.41, 5.74) is 2.08. The molecule has 1 amide bonds. The second-order valence-electron chi connectivity index (χ2n) is 5.69. The normalized spacial score (nSPS) is 10.8. The number of hydrogen-bond acceptors (Lipinski definition) is 3. The molecule has 2 aromatic carbocycles. The molecule has 1 aromatic heterocycles. The molecule has 0 fully saturated rings. The van der Waals surface area contributed by atoms with E-state index in [1.807, 2.05) is 72.1 Å². The van der Waals surface area contributed by atoms with Gasteiger partial charge in [-0.15, -0.1) is 11.3 Å². The lowest BCUT2D eigenvalue weighted by Gasteiger charge is -2.18. The summed E-state index contributed by atoms with van der Waals surface area (Å²) in [6.07, 6.45) is 0.606. The zero-order valence-corrected chi connectivity index (χ0v) is 14.7. The maximum absolute atomic E-state index is 12.1. The number of thiophene rings is 1. The molecule has 0 saturated carbocycles. The van der Waals surface area contributed by atoms with Crippen LogP contribution in [0.15, 0.2) is 78.2 Å². The van der Waals surface area contributed by atoms with E-state index in [1.165, 1.54) is 4.88 Å². The summed E-state index contributed by atoms with van der Waals surface area (Å²) >= 11 is 1.70. The molecule has 1 heterocycles. The summed E-state index contributed by atoms with van der Waals surface area (Å²) in [5, 5.41) is 4.97. The zero-order chi connectivity index (χ0) is 17.3. The zero-order valence-electron chi connectivity index (χ0n) is 13.9. The molecule has 4 heteroatoms. The largest absolute Gasteiger partial charge is 0.359 e. The maximum atomic E-state index is 12.1. The van der Waals surface area contributed by atoms with E-state index in [9.17, 15) is 4.79 Å². The van der Waals surface area contributed by atoms with Gasteiger partial charge in [0.25, 0.3) is 0 Å². The van der Waals surface area contributed by atoms with E-state index in [4.69, 9.17) is 4.74 Å². The van der Waals surface area contributed by atoms with Gasteiger partial charge in [0.2, 0.25) is 5.91 Å². The van der Waals surface area contributed by atoms with Gasteiger partial charge in [-0.3, -0.25) is 4.79 Å². The molecular weight excluding hydrogens is 330 g/mol. The van der Waals surface area contributed by atoms with Gasteiger partial charge in [0.1, 0.15) is 12.7 Å². The number of ether oxygens (including phenoxy) is 1. The molecule has 0 aliphatic heterocycles. The number of benzene rings is 2. The van der Waals surface area contributed by atoms with Gasteiger partial charge in [-0.2, -0.15) is 0 Å². The first-order chi connectivity index (χ1) is 12.3. The van der Waals surface area contributed by atoms with Gasteiger partial charge in [-0.05, 0) is 29.0 Å². The van der Waals surface area contributed by atoms with Crippen LogP contribution in [-0.2, 0) is 16.0 Å². The van der Waals surface area contributed by atoms with Crippen LogP contribution in [0.3, 0.4) is 0 Å². The molecule has 0 unspecified atom stereocenters. The van der Waals surface area contributed by atoms with Gasteiger partial charge >= 0.3 is 0 Å². The monoisotopic (exact) mass is 351 g/mol. The second kappa shape index (κ2) is 9.16. The van der Waals surface area contributed by atoms with Crippen LogP contribution in [0, 0.1) is 0 Å². The lowest BCUT2D eigenvalue weighted by molar-refractivity contribution is -0.127. The highest BCUT2D eigenvalue weighted by Gasteiger charge is 2.15. The molecule has 25 heavy (non-hydrogen) atoms. The van der Waals surface area contributed by atoms with Crippen molar-refractivity contribution in [3.05, 3.63) is 94.2 Å². The summed E-state index contributed by atoms with van der Waals surface area (Å²) in [6, 6.07) is 24.1. The third kappa shape index (κ3) is 5.28. The number of carbonyl (C=O) groups is 1. The smallest absolute Gasteiger partial charge is 0.246 e. The predicted molar refractivity (Wildman–Crippen MR) is 102 cm³/mol. The Balaban J connectivity index is 1.56. The topological polar surface area (TPSA) is 38.3 Å². The second-order valence-corrected chi connectivity index (χ2v) is 6.72. The first-order valence-corrected chi connectivity index (χ1v) is 9.21. The number of carbonyl (C=O) groups excluding carboxylic acids is 1. The predicted octanol–water partition coefficient (Wildman–Crippen LogP) is 4.21. The van der Waals surface area contributed by atoms with Crippen LogP contribution in [0.4, 0.5) is 0 Å². The van der Waals surface area contributed by atoms with E-state index >= 15 is 0 Å². The van der Waals surface area contributed by atoms with Crippen LogP contribution in [0.25, 0.3) is 0 Å². The van der Waals surface area contributed by atoms with Crippen molar-refractivity contribution in [2.45, 2.75) is 12.5 Å². The Morgan fingerprint density at radius 3 is 2.12 bits per heavy atom. The molecule has 3 rings (SSSR count). The van der Waals surface area contributed by atoms with E-state index < -0.39 is 0 Å². The first kappa shape index (κ1) is 17.4. The number of hydrogen-bond donors (Lipinski definition) is 1. The highest BCUT2D eigenvalue weighted by atomic mass is 32.1. The van der Waals surface area contributed by atoms with Crippen LogP contribution in [-0.4, -0.2) is 19.1 Å². The van der Waals surface area contributed by atoms with Crippen molar-refractivity contribution in [2.75, 3.05) is 13.2 Å². The van der Waals surface area contributed by atoms with Crippen LogP contribution < -0.4 is 5.32 Å². The van der Waals surface area contributed by atoms with Gasteiger partial charge in [0, 0.05) is 11.4 Å². The van der Waals surface area contributed by atoms with E-state index in [1.54, 1.807) is 11.3 Å². The summed E-state index contributed by atoms with van der Waals surface area (Å²) in [4.78, 5) is 13.4. The number of amides is 1. The minimum absolute atomic E-state index is 0.0406. The Morgan fingerprint density at radius 1 is 0.920 bits per heavy atom. The van der Waals surface area contributed by atoms with Crippen molar-refractivity contribution in [3.63, 3.8) is 0 Å². The Kier molecular flexibility index (Phi) is 6.37. The van der Waals surface area contributed by atoms with E-state index in [2.05, 4.69) is 11.4 Å². The van der Waals surface area contributed by atoms with Crippen LogP contribution >= 0.6 is 11.3 Å². The molecule has 128 valence electrons. The molecule has 0 spiro atoms. The third-order valence-corrected chi connectivity index (χ3v) is 4.80. The molecule has 0 aliphatic carbocycles. The van der Waals surface area contributed by atoms with Crippen molar-refractivity contribution in [3.8, 4) is 0 Å². The van der Waals surface area contributed by atoms with Crippen molar-refractivity contribution < 1.29 is 9.53 Å². The molecule has 0 bridgehead atoms. The summed E-state index contributed by atoms with van der Waals surface area (Å²) < 4.78 is 5.95. The fraction of sp³-hybridized carbons (Fsp3) is 0.190. The first-order valence-electron chi connectivity index (χ1n) is 8.33. The van der Waals surface area contributed by atoms with Crippen LogP contribution in [0.5, 0.6) is 0 Å². The molecular formula is C21H21NO2S. The lowest BCUT2D eigenvalue weighted by atomic mass is 10.0. The average Bonchev–Trinajstić information content (AvgIpc) is 3.17. The molecule has 3 nitrogen and oxygen atoms in total. The van der Waals surface area contributed by atoms with E-state index in [-0.39, 0.29) is 18.6 Å². The van der Waals surface area contributed by atoms with E-state index in [0.717, 1.165) is 17.5 Å². The Hall–Kier alpha value is -2.43. The highest BCUT2D eigenvalue weighted by molar-refractivity contribution is 7.09. The molecule has 0 aliphatic rings. The summed E-state index contributed by atoms with van der Waals surface area (Å²) in [5.74, 6) is -0.0894. The van der Waals surface area contributed by atoms with Gasteiger partial charge in [-0.25, -0.2) is 0 Å². The highest BCUT2D eigenvalue weighted by Crippen LogP contribution is 2.25. The molecule has 1 N–H and O–H groups in total. The SMILES string of the molecule is O=C(COC(c1ccccc1)c1ccccc1)NCCc1cccs1. The Morgan fingerprint density at radius 2 is 1.56 bits per heavy atom. The van der Waals surface area contributed by atoms with Crippen LogP contribution in [0.2, 0.25) is 0 Å². The molecule has 0 saturated heterocycles. The van der Waals surface area contributed by atoms with E-state index in [0.29, 0.717) is 6.54 Å². The van der Waals surface area contributed by atoms with Crippen molar-refractivity contribution in [1.29, 1.82) is 0 Å². The summed E-state index contributed by atoms with van der Waals surface area (Å²) in [7, 11) is 0. The molecule has 0 atom stereocenters. The maximum Gasteiger partial charge on any atom is 0.246 e. The van der Waals surface area contributed by atoms with Crippen molar-refractivity contribution in [2.24, 2.45) is 0 Å². The molecule has 0 radical (unpaired) electrons. The minimum atomic E-state index is -0.245. The van der Waals surface area contributed by atoms with Crippen molar-refractivity contribution >= 4 is 17.2 Å². The minimum Gasteiger partial charge on any atom is -0.359 e. The Bertz CT molecular complexity index is 718. The van der Waals surface area contributed by atoms with Gasteiger partial charge in [0.15, 0.2) is 0 Å². The Labute approximate surface area is 152 Å². The fourth-order valence-corrected chi connectivity index (χ4v) is 3.34. The van der Waals surface area contributed by atoms with Crippen molar-refractivity contribution in [1.82, 2.24) is 5.32 Å². The fourth-order valence-electron chi connectivity index (χ4n) is 2.63. The number of rotatable bonds is 8. The number of nitrogens with one attached hydrogen (secondary N) is 1.